The molecule has 178 valence electrons. The van der Waals surface area contributed by atoms with Gasteiger partial charge in [-0.2, -0.15) is 20.1 Å². The number of phenolic OH excluding ortho intramolecular Hbond substituents is 1. The van der Waals surface area contributed by atoms with E-state index in [-0.39, 0.29) is 18.2 Å². The summed E-state index contributed by atoms with van der Waals surface area (Å²) in [7, 11) is 0. The zero-order chi connectivity index (χ0) is 24.2. The Kier molecular flexibility index (Phi) is 7.53. The van der Waals surface area contributed by atoms with Crippen molar-refractivity contribution in [1.29, 1.82) is 0 Å². The molecule has 5 rings (SSSR count). The van der Waals surface area contributed by atoms with Crippen LogP contribution in [0, 0.1) is 7.14 Å². The lowest BCUT2D eigenvalue weighted by atomic mass is 10.1. The van der Waals surface area contributed by atoms with Crippen molar-refractivity contribution in [2.24, 2.45) is 10.2 Å². The molecule has 9 nitrogen and oxygen atoms in total. The van der Waals surface area contributed by atoms with E-state index < -0.39 is 0 Å². The van der Waals surface area contributed by atoms with E-state index >= 15 is 0 Å². The van der Waals surface area contributed by atoms with E-state index in [1.807, 2.05) is 41.3 Å². The second-order valence-electron chi connectivity index (χ2n) is 7.81. The summed E-state index contributed by atoms with van der Waals surface area (Å²) >= 11 is 4.32. The molecular formula is C24H21I2N7O2. The molecule has 1 saturated heterocycles. The van der Waals surface area contributed by atoms with Crippen LogP contribution in [0.4, 0.5) is 23.5 Å². The second-order valence-corrected chi connectivity index (χ2v) is 10.2. The van der Waals surface area contributed by atoms with Crippen molar-refractivity contribution in [2.75, 3.05) is 36.5 Å². The number of halogens is 2. The van der Waals surface area contributed by atoms with Crippen molar-refractivity contribution >= 4 is 79.5 Å². The van der Waals surface area contributed by atoms with E-state index in [4.69, 9.17) is 4.74 Å². The zero-order valence-corrected chi connectivity index (χ0v) is 22.8. The van der Waals surface area contributed by atoms with Crippen LogP contribution in [-0.2, 0) is 11.3 Å². The van der Waals surface area contributed by atoms with E-state index in [0.29, 0.717) is 43.8 Å². The standard InChI is InChI=1S/C24H21I2N7O2/c25-17-12-16(21(34)19(26)13-17)14-27-32-23-29-22(30-24(31-23)33-8-10-35-11-9-33)28-20-7-3-5-15-4-1-2-6-18(15)20/h1-7,12-13,34H,8-11,14H2,(H,28,29,30,31). The average Bonchev–Trinajstić information content (AvgIpc) is 2.87. The molecule has 0 unspecified atom stereocenters. The fraction of sp³-hybridized carbons (Fsp3) is 0.208. The molecule has 4 aromatic rings. The number of aromatic hydroxyl groups is 1. The van der Waals surface area contributed by atoms with Gasteiger partial charge >= 0.3 is 0 Å². The van der Waals surface area contributed by atoms with Gasteiger partial charge in [0.25, 0.3) is 5.95 Å². The number of aromatic nitrogens is 3. The predicted octanol–water partition coefficient (Wildman–Crippen LogP) is 5.80. The number of hydrogen-bond acceptors (Lipinski definition) is 9. The van der Waals surface area contributed by atoms with Gasteiger partial charge in [0.1, 0.15) is 5.75 Å². The van der Waals surface area contributed by atoms with Crippen LogP contribution in [-0.4, -0.2) is 46.4 Å². The molecule has 2 N–H and O–H groups in total. The van der Waals surface area contributed by atoms with Crippen molar-refractivity contribution < 1.29 is 9.84 Å². The van der Waals surface area contributed by atoms with Crippen LogP contribution < -0.4 is 10.2 Å². The lowest BCUT2D eigenvalue weighted by Gasteiger charge is -2.26. The number of fused-ring (bicyclic) bond motifs is 1. The number of benzene rings is 3. The first-order valence-corrected chi connectivity index (χ1v) is 13.1. The van der Waals surface area contributed by atoms with Crippen molar-refractivity contribution in [2.45, 2.75) is 6.54 Å². The highest BCUT2D eigenvalue weighted by atomic mass is 127. The number of ether oxygens (including phenoxy) is 1. The van der Waals surface area contributed by atoms with Crippen molar-refractivity contribution in [1.82, 2.24) is 15.0 Å². The van der Waals surface area contributed by atoms with E-state index in [1.54, 1.807) is 0 Å². The van der Waals surface area contributed by atoms with E-state index in [9.17, 15) is 5.11 Å². The molecular weight excluding hydrogens is 672 g/mol. The molecule has 0 spiro atoms. The Hall–Kier alpha value is -2.65. The summed E-state index contributed by atoms with van der Waals surface area (Å²) < 4.78 is 7.27. The maximum atomic E-state index is 10.3. The summed E-state index contributed by atoms with van der Waals surface area (Å²) in [5.74, 6) is 1.32. The van der Waals surface area contributed by atoms with Gasteiger partial charge in [-0.3, -0.25) is 0 Å². The number of phenols is 1. The minimum atomic E-state index is 0.198. The molecule has 0 bridgehead atoms. The Balaban J connectivity index is 1.46. The zero-order valence-electron chi connectivity index (χ0n) is 18.5. The lowest BCUT2D eigenvalue weighted by molar-refractivity contribution is 0.122. The molecule has 11 heteroatoms. The first kappa shape index (κ1) is 24.1. The van der Waals surface area contributed by atoms with Crippen molar-refractivity contribution in [3.63, 3.8) is 0 Å². The Morgan fingerprint density at radius 1 is 1.00 bits per heavy atom. The summed E-state index contributed by atoms with van der Waals surface area (Å²) in [6, 6.07) is 18.0. The highest BCUT2D eigenvalue weighted by Gasteiger charge is 2.17. The minimum absolute atomic E-state index is 0.198. The number of morpholine rings is 1. The number of nitrogens with one attached hydrogen (secondary N) is 1. The number of azo groups is 1. The first-order chi connectivity index (χ1) is 17.1. The van der Waals surface area contributed by atoms with Gasteiger partial charge in [0.2, 0.25) is 11.9 Å². The van der Waals surface area contributed by atoms with E-state index in [0.717, 1.165) is 23.6 Å². The molecule has 1 fully saturated rings. The van der Waals surface area contributed by atoms with Crippen molar-refractivity contribution in [3.8, 4) is 5.75 Å². The molecule has 2 heterocycles. The van der Waals surface area contributed by atoms with E-state index in [1.165, 1.54) is 0 Å². The van der Waals surface area contributed by atoms with Crippen LogP contribution in [0.2, 0.25) is 0 Å². The Bertz CT molecular complexity index is 1390. The van der Waals surface area contributed by atoms with Gasteiger partial charge in [-0.1, -0.05) is 36.4 Å². The fourth-order valence-corrected chi connectivity index (χ4v) is 5.69. The number of nitrogens with zero attached hydrogens (tertiary/aromatic N) is 6. The number of rotatable bonds is 6. The second kappa shape index (κ2) is 11.0. The van der Waals surface area contributed by atoms with Crippen LogP contribution >= 0.6 is 45.2 Å². The van der Waals surface area contributed by atoms with Crippen LogP contribution in [0.1, 0.15) is 5.56 Å². The first-order valence-electron chi connectivity index (χ1n) is 10.9. The molecule has 0 amide bonds. The highest BCUT2D eigenvalue weighted by molar-refractivity contribution is 14.1. The molecule has 3 aromatic carbocycles. The average molecular weight is 693 g/mol. The molecule has 0 aliphatic carbocycles. The predicted molar refractivity (Wildman–Crippen MR) is 152 cm³/mol. The molecule has 35 heavy (non-hydrogen) atoms. The quantitative estimate of drug-likeness (QED) is 0.194. The van der Waals surface area contributed by atoms with E-state index in [2.05, 4.69) is 93.9 Å². The van der Waals surface area contributed by atoms with Gasteiger partial charge < -0.3 is 20.1 Å². The molecule has 0 radical (unpaired) electrons. The molecule has 0 saturated carbocycles. The summed E-state index contributed by atoms with van der Waals surface area (Å²) in [6.07, 6.45) is 0. The largest absolute Gasteiger partial charge is 0.506 e. The third kappa shape index (κ3) is 5.78. The van der Waals surface area contributed by atoms with Gasteiger partial charge in [-0.15, -0.1) is 5.11 Å². The Morgan fingerprint density at radius 2 is 1.80 bits per heavy atom. The van der Waals surface area contributed by atoms with Gasteiger partial charge in [0.15, 0.2) is 0 Å². The lowest BCUT2D eigenvalue weighted by Crippen LogP contribution is -2.37. The summed E-state index contributed by atoms with van der Waals surface area (Å²) in [4.78, 5) is 15.7. The van der Waals surface area contributed by atoms with Crippen LogP contribution in [0.15, 0.2) is 64.8 Å². The van der Waals surface area contributed by atoms with Gasteiger partial charge in [0, 0.05) is 33.3 Å². The summed E-state index contributed by atoms with van der Waals surface area (Å²) in [5.41, 5.74) is 1.59. The fourth-order valence-electron chi connectivity index (χ4n) is 3.73. The van der Waals surface area contributed by atoms with Crippen LogP contribution in [0.25, 0.3) is 10.8 Å². The maximum Gasteiger partial charge on any atom is 0.275 e. The van der Waals surface area contributed by atoms with Crippen LogP contribution in [0.5, 0.6) is 5.75 Å². The van der Waals surface area contributed by atoms with Gasteiger partial charge in [0.05, 0.1) is 23.3 Å². The third-order valence-corrected chi connectivity index (χ3v) is 6.90. The highest BCUT2D eigenvalue weighted by Crippen LogP contribution is 2.29. The molecule has 1 aliphatic heterocycles. The normalized spacial score (nSPS) is 14.1. The summed E-state index contributed by atoms with van der Waals surface area (Å²) in [5, 5.41) is 24.4. The maximum absolute atomic E-state index is 10.3. The Labute approximate surface area is 229 Å². The smallest absolute Gasteiger partial charge is 0.275 e. The molecule has 1 aromatic heterocycles. The van der Waals surface area contributed by atoms with Crippen LogP contribution in [0.3, 0.4) is 0 Å². The minimum Gasteiger partial charge on any atom is -0.506 e. The Morgan fingerprint density at radius 3 is 2.66 bits per heavy atom. The number of anilines is 3. The molecule has 1 aliphatic rings. The topological polar surface area (TPSA) is 108 Å². The van der Waals surface area contributed by atoms with Gasteiger partial charge in [-0.25, -0.2) is 0 Å². The number of hydrogen-bond donors (Lipinski definition) is 2. The summed E-state index contributed by atoms with van der Waals surface area (Å²) in [6.45, 7) is 2.80. The van der Waals surface area contributed by atoms with Gasteiger partial charge in [-0.05, 0) is 68.8 Å². The van der Waals surface area contributed by atoms with Crippen molar-refractivity contribution in [3.05, 3.63) is 67.3 Å². The molecule has 0 atom stereocenters. The third-order valence-electron chi connectivity index (χ3n) is 5.45. The SMILES string of the molecule is Oc1c(I)cc(I)cc1CN=Nc1nc(Nc2cccc3ccccc23)nc(N2CCOCC2)n1. The monoisotopic (exact) mass is 693 g/mol.